The molecule has 0 spiro atoms. The zero-order chi connectivity index (χ0) is 8.97. The van der Waals surface area contributed by atoms with Crippen molar-refractivity contribution in [3.63, 3.8) is 0 Å². The molecule has 4 nitrogen and oxygen atoms in total. The summed E-state index contributed by atoms with van der Waals surface area (Å²) in [6.07, 6.45) is 0. The molecule has 0 aromatic heterocycles. The molecule has 1 aliphatic rings. The van der Waals surface area contributed by atoms with E-state index in [0.29, 0.717) is 0 Å². The molecule has 5 heteroatoms. The highest BCUT2D eigenvalue weighted by atomic mass is 32.2. The summed E-state index contributed by atoms with van der Waals surface area (Å²) in [7, 11) is 0. The maximum Gasteiger partial charge on any atom is 0.422 e. The van der Waals surface area contributed by atoms with Crippen molar-refractivity contribution < 1.29 is 14.7 Å². The fourth-order valence-corrected chi connectivity index (χ4v) is 2.01. The van der Waals surface area contributed by atoms with Gasteiger partial charge < -0.3 is 0 Å². The van der Waals surface area contributed by atoms with Crippen LogP contribution >= 0.6 is 11.8 Å². The third kappa shape index (κ3) is 2.83. The first kappa shape index (κ1) is 9.54. The van der Waals surface area contributed by atoms with Gasteiger partial charge >= 0.3 is 5.97 Å². The first-order chi connectivity index (χ1) is 5.70. The van der Waals surface area contributed by atoms with Gasteiger partial charge in [-0.25, -0.2) is 9.90 Å². The summed E-state index contributed by atoms with van der Waals surface area (Å²) in [5, 5.41) is 10.1. The van der Waals surface area contributed by atoms with Crippen molar-refractivity contribution in [2.45, 2.75) is 0 Å². The lowest BCUT2D eigenvalue weighted by Crippen LogP contribution is -2.38. The van der Waals surface area contributed by atoms with Gasteiger partial charge in [0, 0.05) is 24.6 Å². The molecule has 1 fully saturated rings. The first-order valence-electron chi connectivity index (χ1n) is 3.74. The van der Waals surface area contributed by atoms with Crippen LogP contribution in [0.5, 0.6) is 0 Å². The quantitative estimate of drug-likeness (QED) is 0.563. The molecule has 0 bridgehead atoms. The van der Waals surface area contributed by atoms with Gasteiger partial charge in [0.25, 0.3) is 5.78 Å². The van der Waals surface area contributed by atoms with Crippen molar-refractivity contribution in [3.8, 4) is 0 Å². The summed E-state index contributed by atoms with van der Waals surface area (Å²) in [6, 6.07) is 0. The average molecular weight is 188 g/mol. The number of Topliss-reactive ketones (excluding diaryl/α,β-unsaturated/α-hetero) is 1. The second kappa shape index (κ2) is 4.47. The third-order valence-corrected chi connectivity index (χ3v) is 2.64. The summed E-state index contributed by atoms with van der Waals surface area (Å²) in [5.41, 5.74) is 0. The van der Waals surface area contributed by atoms with Crippen molar-refractivity contribution >= 4 is 23.5 Å². The fourth-order valence-electron chi connectivity index (χ4n) is 1.03. The Labute approximate surface area is 74.9 Å². The Morgan fingerprint density at radius 2 is 1.83 bits per heavy atom. The predicted molar refractivity (Wildman–Crippen MR) is 44.5 cm³/mol. The van der Waals surface area contributed by atoms with Crippen molar-refractivity contribution in [2.24, 2.45) is 0 Å². The van der Waals surface area contributed by atoms with Crippen LogP contribution in [0.4, 0.5) is 0 Å². The molecular formula is C7H10NO3S. The molecule has 0 aromatic rings. The molecule has 1 saturated heterocycles. The lowest BCUT2D eigenvalue weighted by atomic mass is 10.3. The third-order valence-electron chi connectivity index (χ3n) is 1.70. The van der Waals surface area contributed by atoms with Crippen molar-refractivity contribution in [1.82, 2.24) is 4.90 Å². The van der Waals surface area contributed by atoms with E-state index in [-0.39, 0.29) is 6.54 Å². The second-order valence-corrected chi connectivity index (χ2v) is 3.82. The van der Waals surface area contributed by atoms with Crippen LogP contribution in [0.1, 0.15) is 0 Å². The minimum Gasteiger partial charge on any atom is -0.294 e. The Morgan fingerprint density at radius 1 is 1.25 bits per heavy atom. The number of rotatable bonds is 3. The molecule has 1 aliphatic heterocycles. The molecule has 0 amide bonds. The molecule has 0 atom stereocenters. The second-order valence-electron chi connectivity index (χ2n) is 2.60. The minimum absolute atomic E-state index is 0.00287. The lowest BCUT2D eigenvalue weighted by Gasteiger charge is -2.24. The van der Waals surface area contributed by atoms with E-state index in [1.807, 2.05) is 16.7 Å². The Hall–Kier alpha value is -0.550. The summed E-state index contributed by atoms with van der Waals surface area (Å²) in [5.74, 6) is -0.448. The van der Waals surface area contributed by atoms with Crippen molar-refractivity contribution in [3.05, 3.63) is 0 Å². The lowest BCUT2D eigenvalue weighted by molar-refractivity contribution is -0.154. The first-order valence-corrected chi connectivity index (χ1v) is 4.90. The van der Waals surface area contributed by atoms with Gasteiger partial charge in [-0.15, -0.1) is 0 Å². The number of carbonyl (C=O) groups is 2. The topological polar surface area (TPSA) is 57.3 Å². The van der Waals surface area contributed by atoms with Crippen molar-refractivity contribution in [1.29, 1.82) is 0 Å². The van der Waals surface area contributed by atoms with Crippen LogP contribution in [0.3, 0.4) is 0 Å². The summed E-state index contributed by atoms with van der Waals surface area (Å²) in [6.45, 7) is 1.59. The molecular weight excluding hydrogens is 178 g/mol. The normalized spacial score (nSPS) is 19.0. The fraction of sp³-hybridized carbons (Fsp3) is 0.714. The number of ketones is 1. The van der Waals surface area contributed by atoms with Crippen LogP contribution in [0.25, 0.3) is 0 Å². The van der Waals surface area contributed by atoms with Gasteiger partial charge in [0.2, 0.25) is 0 Å². The average Bonchev–Trinajstić information content (AvgIpc) is 2.06. The van der Waals surface area contributed by atoms with Crippen LogP contribution in [0.15, 0.2) is 0 Å². The number of hydrogen-bond acceptors (Lipinski definition) is 4. The van der Waals surface area contributed by atoms with Gasteiger partial charge in [-0.05, 0) is 0 Å². The molecule has 1 rings (SSSR count). The summed E-state index contributed by atoms with van der Waals surface area (Å²) >= 11 is 1.82. The van der Waals surface area contributed by atoms with Crippen LogP contribution in [0, 0.1) is 0 Å². The van der Waals surface area contributed by atoms with E-state index in [2.05, 4.69) is 0 Å². The van der Waals surface area contributed by atoms with E-state index < -0.39 is 11.8 Å². The van der Waals surface area contributed by atoms with E-state index in [9.17, 15) is 14.7 Å². The van der Waals surface area contributed by atoms with E-state index in [1.54, 1.807) is 0 Å². The Kier molecular flexibility index (Phi) is 3.55. The van der Waals surface area contributed by atoms with Gasteiger partial charge in [0.1, 0.15) is 0 Å². The molecule has 0 N–H and O–H groups in total. The summed E-state index contributed by atoms with van der Waals surface area (Å²) < 4.78 is 0. The van der Waals surface area contributed by atoms with Gasteiger partial charge in [-0.3, -0.25) is 9.69 Å². The molecule has 0 aliphatic carbocycles. The van der Waals surface area contributed by atoms with Crippen molar-refractivity contribution in [2.75, 3.05) is 31.1 Å². The maximum atomic E-state index is 10.7. The van der Waals surface area contributed by atoms with E-state index >= 15 is 0 Å². The molecule has 0 saturated carbocycles. The van der Waals surface area contributed by atoms with Gasteiger partial charge in [0.15, 0.2) is 0 Å². The SMILES string of the molecule is [O]C(=O)C(=O)CN1CCSCC1. The number of carbonyl (C=O) groups excluding carboxylic acids is 2. The smallest absolute Gasteiger partial charge is 0.294 e. The monoisotopic (exact) mass is 188 g/mol. The zero-order valence-corrected chi connectivity index (χ0v) is 7.43. The number of thioether (sulfide) groups is 1. The highest BCUT2D eigenvalue weighted by molar-refractivity contribution is 7.99. The Balaban J connectivity index is 2.29. The molecule has 1 radical (unpaired) electrons. The number of nitrogens with zero attached hydrogens (tertiary/aromatic N) is 1. The largest absolute Gasteiger partial charge is 0.422 e. The number of hydrogen-bond donors (Lipinski definition) is 0. The molecule has 12 heavy (non-hydrogen) atoms. The van der Waals surface area contributed by atoms with Gasteiger partial charge in [-0.2, -0.15) is 11.8 Å². The molecule has 67 valence electrons. The highest BCUT2D eigenvalue weighted by Crippen LogP contribution is 2.08. The molecule has 1 heterocycles. The van der Waals surface area contributed by atoms with Gasteiger partial charge in [-0.1, -0.05) is 0 Å². The predicted octanol–water partition coefficient (Wildman–Crippen LogP) is -0.439. The Bertz CT molecular complexity index is 189. The summed E-state index contributed by atoms with van der Waals surface area (Å²) in [4.78, 5) is 22.6. The minimum atomic E-state index is -1.58. The standard InChI is InChI=1S/C7H10NO3S/c9-6(7(10)11)5-8-1-3-12-4-2-8/h1-5H2. The van der Waals surface area contributed by atoms with E-state index in [1.165, 1.54) is 0 Å². The van der Waals surface area contributed by atoms with Crippen LogP contribution in [-0.2, 0) is 14.7 Å². The van der Waals surface area contributed by atoms with Crippen LogP contribution in [-0.4, -0.2) is 47.8 Å². The van der Waals surface area contributed by atoms with Crippen LogP contribution < -0.4 is 0 Å². The van der Waals surface area contributed by atoms with Gasteiger partial charge in [0.05, 0.1) is 6.54 Å². The zero-order valence-electron chi connectivity index (χ0n) is 6.62. The van der Waals surface area contributed by atoms with E-state index in [4.69, 9.17) is 0 Å². The molecule has 0 unspecified atom stereocenters. The maximum absolute atomic E-state index is 10.7. The Morgan fingerprint density at radius 3 is 2.33 bits per heavy atom. The molecule has 0 aromatic carbocycles. The van der Waals surface area contributed by atoms with Crippen LogP contribution in [0.2, 0.25) is 0 Å². The highest BCUT2D eigenvalue weighted by Gasteiger charge is 2.19. The van der Waals surface area contributed by atoms with E-state index in [0.717, 1.165) is 24.6 Å².